The molecule has 0 aliphatic carbocycles. The Morgan fingerprint density at radius 3 is 2.04 bits per heavy atom. The quantitative estimate of drug-likeness (QED) is 0.746. The molecule has 2 aromatic rings. The molecular weight excluding hydrogens is 341 g/mol. The highest BCUT2D eigenvalue weighted by molar-refractivity contribution is 5.90. The second-order valence-corrected chi connectivity index (χ2v) is 5.25. The minimum Gasteiger partial charge on any atom is -0.492 e. The van der Waals surface area contributed by atoms with Crippen molar-refractivity contribution < 1.29 is 28.2 Å². The van der Waals surface area contributed by atoms with Crippen LogP contribution < -0.4 is 9.47 Å². The summed E-state index contributed by atoms with van der Waals surface area (Å²) in [5.74, 6) is 0.912. The largest absolute Gasteiger partial charge is 0.492 e. The molecule has 2 amide bonds. The summed E-state index contributed by atoms with van der Waals surface area (Å²) in [4.78, 5) is 24.1. The first-order valence-electron chi connectivity index (χ1n) is 8.10. The number of ether oxygens (including phenoxy) is 3. The van der Waals surface area contributed by atoms with Crippen molar-refractivity contribution in [3.8, 4) is 17.2 Å². The van der Waals surface area contributed by atoms with Gasteiger partial charge in [-0.1, -0.05) is 0 Å². The number of rotatable bonds is 7. The minimum absolute atomic E-state index is 0.0853. The zero-order valence-corrected chi connectivity index (χ0v) is 14.6. The highest BCUT2D eigenvalue weighted by Gasteiger charge is 2.18. The predicted octanol–water partition coefficient (Wildman–Crippen LogP) is 4.00. The van der Waals surface area contributed by atoms with Gasteiger partial charge >= 0.3 is 6.09 Å². The molecule has 0 heterocycles. The molecule has 0 atom stereocenters. The molecule has 138 valence electrons. The van der Waals surface area contributed by atoms with Gasteiger partial charge in [-0.25, -0.2) is 14.1 Å². The van der Waals surface area contributed by atoms with E-state index < -0.39 is 12.0 Å². The van der Waals surface area contributed by atoms with Gasteiger partial charge in [-0.05, 0) is 55.5 Å². The molecule has 0 saturated carbocycles. The number of carbonyl (C=O) groups is 2. The Balaban J connectivity index is 1.85. The van der Waals surface area contributed by atoms with Gasteiger partial charge in [0.15, 0.2) is 0 Å². The number of benzene rings is 2. The fourth-order valence-corrected chi connectivity index (χ4v) is 2.08. The van der Waals surface area contributed by atoms with Crippen LogP contribution in [0.5, 0.6) is 17.2 Å². The second-order valence-electron chi connectivity index (χ2n) is 5.25. The van der Waals surface area contributed by atoms with E-state index in [0.29, 0.717) is 17.2 Å². The summed E-state index contributed by atoms with van der Waals surface area (Å²) < 4.78 is 28.8. The van der Waals surface area contributed by atoms with Gasteiger partial charge in [0.25, 0.3) is 0 Å². The van der Waals surface area contributed by atoms with Crippen LogP contribution in [0.15, 0.2) is 48.5 Å². The van der Waals surface area contributed by atoms with E-state index in [1.807, 2.05) is 0 Å². The normalized spacial score (nSPS) is 10.1. The standard InChI is InChI=1S/C19H20FNO5/c1-3-24-19(23)21(14(2)22)12-13-25-16-8-10-18(11-9-16)26-17-6-4-15(20)5-7-17/h4-11H,3,12-13H2,1-2H3. The van der Waals surface area contributed by atoms with Crippen molar-refractivity contribution in [2.24, 2.45) is 0 Å². The van der Waals surface area contributed by atoms with Gasteiger partial charge in [0.1, 0.15) is 29.7 Å². The molecule has 0 saturated heterocycles. The molecule has 6 nitrogen and oxygen atoms in total. The van der Waals surface area contributed by atoms with Crippen molar-refractivity contribution in [3.63, 3.8) is 0 Å². The third-order valence-corrected chi connectivity index (χ3v) is 3.33. The maximum absolute atomic E-state index is 12.9. The van der Waals surface area contributed by atoms with Crippen LogP contribution in [0.1, 0.15) is 13.8 Å². The summed E-state index contributed by atoms with van der Waals surface area (Å²) in [5, 5.41) is 0. The lowest BCUT2D eigenvalue weighted by Gasteiger charge is -2.18. The van der Waals surface area contributed by atoms with Gasteiger partial charge in [-0.3, -0.25) is 4.79 Å². The molecule has 0 aromatic heterocycles. The van der Waals surface area contributed by atoms with Crippen molar-refractivity contribution >= 4 is 12.0 Å². The van der Waals surface area contributed by atoms with Crippen LogP contribution in [0.25, 0.3) is 0 Å². The van der Waals surface area contributed by atoms with E-state index in [9.17, 15) is 14.0 Å². The molecule has 26 heavy (non-hydrogen) atoms. The Hall–Kier alpha value is -3.09. The monoisotopic (exact) mass is 361 g/mol. The molecule has 0 radical (unpaired) electrons. The molecule has 0 unspecified atom stereocenters. The summed E-state index contributed by atoms with van der Waals surface area (Å²) >= 11 is 0. The number of halogens is 1. The number of carbonyl (C=O) groups excluding carboxylic acids is 2. The Morgan fingerprint density at radius 1 is 0.962 bits per heavy atom. The summed E-state index contributed by atoms with van der Waals surface area (Å²) in [6.07, 6.45) is -0.688. The minimum atomic E-state index is -0.688. The number of hydrogen-bond acceptors (Lipinski definition) is 5. The number of amides is 2. The Kier molecular flexibility index (Phi) is 6.96. The first kappa shape index (κ1) is 19.2. The second kappa shape index (κ2) is 9.41. The summed E-state index contributed by atoms with van der Waals surface area (Å²) in [6, 6.07) is 12.5. The van der Waals surface area contributed by atoms with E-state index >= 15 is 0 Å². The molecule has 0 fully saturated rings. The van der Waals surface area contributed by atoms with Crippen LogP contribution in [0.3, 0.4) is 0 Å². The molecular formula is C19H20FNO5. The van der Waals surface area contributed by atoms with Crippen LogP contribution in [0.2, 0.25) is 0 Å². The van der Waals surface area contributed by atoms with Crippen LogP contribution in [0.4, 0.5) is 9.18 Å². The van der Waals surface area contributed by atoms with Crippen LogP contribution in [0, 0.1) is 5.82 Å². The summed E-state index contributed by atoms with van der Waals surface area (Å²) in [5.41, 5.74) is 0. The summed E-state index contributed by atoms with van der Waals surface area (Å²) in [7, 11) is 0. The first-order valence-corrected chi connectivity index (χ1v) is 8.10. The van der Waals surface area contributed by atoms with Crippen LogP contribution in [-0.2, 0) is 9.53 Å². The maximum Gasteiger partial charge on any atom is 0.416 e. The molecule has 7 heteroatoms. The smallest absolute Gasteiger partial charge is 0.416 e. The lowest BCUT2D eigenvalue weighted by molar-refractivity contribution is -0.127. The summed E-state index contributed by atoms with van der Waals surface area (Å²) in [6.45, 7) is 3.37. The van der Waals surface area contributed by atoms with E-state index in [2.05, 4.69) is 0 Å². The van der Waals surface area contributed by atoms with Crippen molar-refractivity contribution in [3.05, 3.63) is 54.3 Å². The topological polar surface area (TPSA) is 65.1 Å². The fourth-order valence-electron chi connectivity index (χ4n) is 2.08. The average molecular weight is 361 g/mol. The van der Waals surface area contributed by atoms with Gasteiger partial charge in [-0.2, -0.15) is 0 Å². The molecule has 0 N–H and O–H groups in total. The molecule has 2 aromatic carbocycles. The molecule has 0 spiro atoms. The highest BCUT2D eigenvalue weighted by atomic mass is 19.1. The van der Waals surface area contributed by atoms with Crippen molar-refractivity contribution in [1.82, 2.24) is 4.90 Å². The SMILES string of the molecule is CCOC(=O)N(CCOc1ccc(Oc2ccc(F)cc2)cc1)C(C)=O. The van der Waals surface area contributed by atoms with Crippen molar-refractivity contribution in [2.75, 3.05) is 19.8 Å². The Morgan fingerprint density at radius 2 is 1.50 bits per heavy atom. The first-order chi connectivity index (χ1) is 12.5. The van der Waals surface area contributed by atoms with Crippen LogP contribution >= 0.6 is 0 Å². The third kappa shape index (κ3) is 5.77. The zero-order valence-electron chi connectivity index (χ0n) is 14.6. The maximum atomic E-state index is 12.9. The van der Waals surface area contributed by atoms with Crippen LogP contribution in [-0.4, -0.2) is 36.7 Å². The predicted molar refractivity (Wildman–Crippen MR) is 92.8 cm³/mol. The average Bonchev–Trinajstić information content (AvgIpc) is 2.62. The number of imide groups is 1. The van der Waals surface area contributed by atoms with E-state index in [-0.39, 0.29) is 25.6 Å². The molecule has 0 aliphatic rings. The molecule has 2 rings (SSSR count). The molecule has 0 aliphatic heterocycles. The van der Waals surface area contributed by atoms with E-state index in [0.717, 1.165) is 4.90 Å². The highest BCUT2D eigenvalue weighted by Crippen LogP contribution is 2.24. The van der Waals surface area contributed by atoms with Crippen molar-refractivity contribution in [2.45, 2.75) is 13.8 Å². The van der Waals surface area contributed by atoms with Gasteiger partial charge in [-0.15, -0.1) is 0 Å². The van der Waals surface area contributed by atoms with Gasteiger partial charge in [0.2, 0.25) is 5.91 Å². The van der Waals surface area contributed by atoms with Crippen molar-refractivity contribution in [1.29, 1.82) is 0 Å². The van der Waals surface area contributed by atoms with Gasteiger partial charge < -0.3 is 14.2 Å². The van der Waals surface area contributed by atoms with Gasteiger partial charge in [0.05, 0.1) is 13.2 Å². The lowest BCUT2D eigenvalue weighted by Crippen LogP contribution is -2.38. The van der Waals surface area contributed by atoms with E-state index in [4.69, 9.17) is 14.2 Å². The third-order valence-electron chi connectivity index (χ3n) is 3.33. The number of hydrogen-bond donors (Lipinski definition) is 0. The fraction of sp³-hybridized carbons (Fsp3) is 0.263. The lowest BCUT2D eigenvalue weighted by atomic mass is 10.3. The molecule has 0 bridgehead atoms. The van der Waals surface area contributed by atoms with E-state index in [1.165, 1.54) is 31.2 Å². The Labute approximate surface area is 151 Å². The zero-order chi connectivity index (χ0) is 18.9. The van der Waals surface area contributed by atoms with E-state index in [1.54, 1.807) is 31.2 Å². The number of nitrogens with zero attached hydrogens (tertiary/aromatic N) is 1. The van der Waals surface area contributed by atoms with Gasteiger partial charge in [0, 0.05) is 6.92 Å². The Bertz CT molecular complexity index is 731.